The SMILES string of the molecule is Cc1c[c]cc(Oc2ccc(C)cc2OCC#Cc2ccc(C(F)(F)F)nc2)c1. The van der Waals surface area contributed by atoms with E-state index >= 15 is 0 Å². The van der Waals surface area contributed by atoms with E-state index in [0.717, 1.165) is 23.4 Å². The van der Waals surface area contributed by atoms with Crippen molar-refractivity contribution in [3.8, 4) is 29.1 Å². The van der Waals surface area contributed by atoms with Crippen LogP contribution in [-0.4, -0.2) is 11.6 Å². The van der Waals surface area contributed by atoms with E-state index < -0.39 is 11.9 Å². The van der Waals surface area contributed by atoms with Crippen molar-refractivity contribution in [3.63, 3.8) is 0 Å². The molecule has 3 rings (SSSR count). The molecular formula is C23H17F3NO2. The molecule has 3 nitrogen and oxygen atoms in total. The van der Waals surface area contributed by atoms with Gasteiger partial charge in [-0.05, 0) is 67.4 Å². The van der Waals surface area contributed by atoms with Gasteiger partial charge in [-0.15, -0.1) is 0 Å². The maximum atomic E-state index is 12.5. The third-order valence-electron chi connectivity index (χ3n) is 3.82. The van der Waals surface area contributed by atoms with E-state index in [4.69, 9.17) is 9.47 Å². The predicted octanol–water partition coefficient (Wildman–Crippen LogP) is 5.74. The quantitative estimate of drug-likeness (QED) is 0.527. The van der Waals surface area contributed by atoms with Crippen LogP contribution < -0.4 is 9.47 Å². The number of aromatic nitrogens is 1. The Morgan fingerprint density at radius 3 is 2.52 bits per heavy atom. The van der Waals surface area contributed by atoms with E-state index in [-0.39, 0.29) is 6.61 Å². The zero-order valence-corrected chi connectivity index (χ0v) is 15.8. The van der Waals surface area contributed by atoms with Crippen LogP contribution in [0.4, 0.5) is 13.2 Å². The van der Waals surface area contributed by atoms with Crippen molar-refractivity contribution < 1.29 is 22.6 Å². The van der Waals surface area contributed by atoms with Gasteiger partial charge < -0.3 is 9.47 Å². The fraction of sp³-hybridized carbons (Fsp3) is 0.174. The Balaban J connectivity index is 1.68. The molecule has 0 aliphatic rings. The Morgan fingerprint density at radius 2 is 1.83 bits per heavy atom. The minimum Gasteiger partial charge on any atom is -0.477 e. The summed E-state index contributed by atoms with van der Waals surface area (Å²) in [6.45, 7) is 3.92. The molecule has 0 saturated carbocycles. The summed E-state index contributed by atoms with van der Waals surface area (Å²) in [5.74, 6) is 7.20. The van der Waals surface area contributed by atoms with Crippen molar-refractivity contribution in [2.75, 3.05) is 6.61 Å². The highest BCUT2D eigenvalue weighted by Crippen LogP contribution is 2.32. The van der Waals surface area contributed by atoms with Gasteiger partial charge in [0.1, 0.15) is 18.1 Å². The fourth-order valence-corrected chi connectivity index (χ4v) is 2.45. The van der Waals surface area contributed by atoms with Crippen LogP contribution in [0.25, 0.3) is 0 Å². The summed E-state index contributed by atoms with van der Waals surface area (Å²) < 4.78 is 49.2. The number of ether oxygens (including phenoxy) is 2. The van der Waals surface area contributed by atoms with Crippen LogP contribution in [0.1, 0.15) is 22.4 Å². The molecule has 29 heavy (non-hydrogen) atoms. The van der Waals surface area contributed by atoms with Crippen LogP contribution >= 0.6 is 0 Å². The van der Waals surface area contributed by atoms with Gasteiger partial charge in [0.25, 0.3) is 0 Å². The van der Waals surface area contributed by atoms with Gasteiger partial charge in [-0.3, -0.25) is 4.98 Å². The number of rotatable bonds is 4. The molecule has 0 aliphatic carbocycles. The van der Waals surface area contributed by atoms with Crippen molar-refractivity contribution in [1.82, 2.24) is 4.98 Å². The summed E-state index contributed by atoms with van der Waals surface area (Å²) in [6.07, 6.45) is -3.38. The molecule has 0 fully saturated rings. The molecule has 1 radical (unpaired) electrons. The average Bonchev–Trinajstić information content (AvgIpc) is 2.67. The van der Waals surface area contributed by atoms with Crippen molar-refractivity contribution >= 4 is 0 Å². The number of aryl methyl sites for hydroxylation is 2. The zero-order chi connectivity index (χ0) is 20.9. The van der Waals surface area contributed by atoms with Crippen molar-refractivity contribution in [2.45, 2.75) is 20.0 Å². The van der Waals surface area contributed by atoms with Crippen LogP contribution in [0, 0.1) is 31.8 Å². The first-order chi connectivity index (χ1) is 13.8. The summed E-state index contributed by atoms with van der Waals surface area (Å²) in [5.41, 5.74) is 1.43. The first kappa shape index (κ1) is 20.3. The summed E-state index contributed by atoms with van der Waals surface area (Å²) in [6, 6.07) is 16.2. The molecule has 0 bridgehead atoms. The fourth-order valence-electron chi connectivity index (χ4n) is 2.45. The van der Waals surface area contributed by atoms with Crippen LogP contribution in [0.15, 0.2) is 54.7 Å². The maximum absolute atomic E-state index is 12.5. The third-order valence-corrected chi connectivity index (χ3v) is 3.82. The maximum Gasteiger partial charge on any atom is 0.433 e. The van der Waals surface area contributed by atoms with Gasteiger partial charge in [-0.25, -0.2) is 0 Å². The molecule has 0 spiro atoms. The Labute approximate surface area is 167 Å². The van der Waals surface area contributed by atoms with Crippen molar-refractivity contribution in [1.29, 1.82) is 0 Å². The van der Waals surface area contributed by atoms with E-state index in [1.165, 1.54) is 6.07 Å². The highest BCUT2D eigenvalue weighted by atomic mass is 19.4. The summed E-state index contributed by atoms with van der Waals surface area (Å²) in [4.78, 5) is 3.38. The van der Waals surface area contributed by atoms with Crippen LogP contribution in [0.3, 0.4) is 0 Å². The first-order valence-electron chi connectivity index (χ1n) is 8.72. The first-order valence-corrected chi connectivity index (χ1v) is 8.72. The smallest absolute Gasteiger partial charge is 0.433 e. The summed E-state index contributed by atoms with van der Waals surface area (Å²) in [7, 11) is 0. The second-order valence-electron chi connectivity index (χ2n) is 6.32. The van der Waals surface area contributed by atoms with Gasteiger partial charge in [0, 0.05) is 11.8 Å². The number of halogens is 3. The highest BCUT2D eigenvalue weighted by molar-refractivity contribution is 5.46. The Hall–Kier alpha value is -3.46. The molecule has 6 heteroatoms. The van der Waals surface area contributed by atoms with Gasteiger partial charge in [0.15, 0.2) is 11.5 Å². The molecule has 0 amide bonds. The molecule has 0 saturated heterocycles. The summed E-state index contributed by atoms with van der Waals surface area (Å²) in [5, 5.41) is 0. The molecule has 0 atom stereocenters. The van der Waals surface area contributed by atoms with E-state index in [9.17, 15) is 13.2 Å². The number of alkyl halides is 3. The monoisotopic (exact) mass is 396 g/mol. The molecular weight excluding hydrogens is 379 g/mol. The zero-order valence-electron chi connectivity index (χ0n) is 15.8. The number of benzene rings is 2. The highest BCUT2D eigenvalue weighted by Gasteiger charge is 2.31. The second kappa shape index (κ2) is 8.70. The van der Waals surface area contributed by atoms with Gasteiger partial charge in [-0.1, -0.05) is 24.0 Å². The van der Waals surface area contributed by atoms with Crippen LogP contribution in [-0.2, 0) is 6.18 Å². The number of pyridine rings is 1. The van der Waals surface area contributed by atoms with Gasteiger partial charge in [0.05, 0.1) is 0 Å². The molecule has 0 N–H and O–H groups in total. The second-order valence-corrected chi connectivity index (χ2v) is 6.32. The van der Waals surface area contributed by atoms with E-state index in [1.54, 1.807) is 12.1 Å². The average molecular weight is 396 g/mol. The third kappa shape index (κ3) is 5.76. The predicted molar refractivity (Wildman–Crippen MR) is 103 cm³/mol. The Morgan fingerprint density at radius 1 is 1.00 bits per heavy atom. The lowest BCUT2D eigenvalue weighted by Gasteiger charge is -2.12. The van der Waals surface area contributed by atoms with Crippen LogP contribution in [0.5, 0.6) is 17.2 Å². The molecule has 3 aromatic rings. The van der Waals surface area contributed by atoms with E-state index in [2.05, 4.69) is 22.9 Å². The molecule has 0 aliphatic heterocycles. The Bertz CT molecular complexity index is 1050. The number of nitrogens with zero attached hydrogens (tertiary/aromatic N) is 1. The lowest BCUT2D eigenvalue weighted by molar-refractivity contribution is -0.141. The topological polar surface area (TPSA) is 31.4 Å². The van der Waals surface area contributed by atoms with E-state index in [1.807, 2.05) is 38.1 Å². The standard InChI is InChI=1S/C23H17F3NO2/c1-16-5-3-7-19(13-16)29-20-10-8-17(2)14-21(20)28-12-4-6-18-9-11-22(27-15-18)23(24,25)26/h5,7-11,13-15H,12H2,1-2H3. The molecule has 2 aromatic carbocycles. The van der Waals surface area contributed by atoms with Crippen molar-refractivity contribution in [2.24, 2.45) is 0 Å². The number of hydrogen-bond donors (Lipinski definition) is 0. The van der Waals surface area contributed by atoms with Gasteiger partial charge in [0.2, 0.25) is 0 Å². The van der Waals surface area contributed by atoms with Gasteiger partial charge >= 0.3 is 6.18 Å². The number of hydrogen-bond acceptors (Lipinski definition) is 3. The minimum absolute atomic E-state index is 0.0424. The molecule has 147 valence electrons. The Kier molecular flexibility index (Phi) is 6.08. The van der Waals surface area contributed by atoms with Crippen molar-refractivity contribution in [3.05, 3.63) is 83.2 Å². The lowest BCUT2D eigenvalue weighted by atomic mass is 10.2. The molecule has 1 aromatic heterocycles. The summed E-state index contributed by atoms with van der Waals surface area (Å²) >= 11 is 0. The largest absolute Gasteiger partial charge is 0.477 e. The molecule has 1 heterocycles. The molecule has 0 unspecified atom stereocenters. The minimum atomic E-state index is -4.47. The van der Waals surface area contributed by atoms with Gasteiger partial charge in [-0.2, -0.15) is 13.2 Å². The van der Waals surface area contributed by atoms with Crippen LogP contribution in [0.2, 0.25) is 0 Å². The normalized spacial score (nSPS) is 10.8. The van der Waals surface area contributed by atoms with E-state index in [0.29, 0.717) is 22.8 Å². The lowest BCUT2D eigenvalue weighted by Crippen LogP contribution is -2.07.